The Morgan fingerprint density at radius 2 is 1.69 bits per heavy atom. The molecular formula is C21H22FN5O4S. The van der Waals surface area contributed by atoms with Crippen LogP contribution in [-0.4, -0.2) is 65.6 Å². The molecule has 1 fully saturated rings. The number of sulfonamides is 1. The number of para-hydroxylation sites is 2. The highest BCUT2D eigenvalue weighted by Gasteiger charge is 2.30. The lowest BCUT2D eigenvalue weighted by atomic mass is 10.2. The van der Waals surface area contributed by atoms with Crippen molar-refractivity contribution in [2.24, 2.45) is 0 Å². The van der Waals surface area contributed by atoms with Gasteiger partial charge in [0.25, 0.3) is 0 Å². The molecule has 168 valence electrons. The van der Waals surface area contributed by atoms with Crippen LogP contribution < -0.4 is 5.32 Å². The number of benzene rings is 2. The summed E-state index contributed by atoms with van der Waals surface area (Å²) in [6.45, 7) is 0.724. The van der Waals surface area contributed by atoms with E-state index in [0.29, 0.717) is 5.95 Å². The van der Waals surface area contributed by atoms with Crippen molar-refractivity contribution < 1.29 is 22.4 Å². The third kappa shape index (κ3) is 4.78. The highest BCUT2D eigenvalue weighted by molar-refractivity contribution is 7.89. The summed E-state index contributed by atoms with van der Waals surface area (Å²) in [4.78, 5) is 33.5. The molecule has 2 aromatic carbocycles. The predicted molar refractivity (Wildman–Crippen MR) is 116 cm³/mol. The summed E-state index contributed by atoms with van der Waals surface area (Å²) in [7, 11) is -3.75. The van der Waals surface area contributed by atoms with Gasteiger partial charge in [-0.05, 0) is 36.4 Å². The maximum Gasteiger partial charge on any atom is 0.243 e. The van der Waals surface area contributed by atoms with Crippen molar-refractivity contribution in [3.05, 3.63) is 54.3 Å². The number of anilines is 1. The minimum atomic E-state index is -3.75. The van der Waals surface area contributed by atoms with Crippen molar-refractivity contribution in [1.29, 1.82) is 0 Å². The second kappa shape index (κ2) is 9.05. The van der Waals surface area contributed by atoms with E-state index in [1.165, 1.54) is 16.4 Å². The van der Waals surface area contributed by atoms with Crippen LogP contribution in [0.5, 0.6) is 0 Å². The molecule has 0 radical (unpaired) electrons. The van der Waals surface area contributed by atoms with Crippen LogP contribution in [0.25, 0.3) is 11.0 Å². The van der Waals surface area contributed by atoms with E-state index in [9.17, 15) is 22.4 Å². The predicted octanol–water partition coefficient (Wildman–Crippen LogP) is 1.95. The summed E-state index contributed by atoms with van der Waals surface area (Å²) >= 11 is 0. The monoisotopic (exact) mass is 459 g/mol. The van der Waals surface area contributed by atoms with E-state index in [1.807, 2.05) is 24.3 Å². The van der Waals surface area contributed by atoms with Crippen molar-refractivity contribution in [2.45, 2.75) is 17.7 Å². The Morgan fingerprint density at radius 1 is 1.00 bits per heavy atom. The van der Waals surface area contributed by atoms with Gasteiger partial charge in [0, 0.05) is 39.0 Å². The molecule has 0 aliphatic carbocycles. The molecule has 2 N–H and O–H groups in total. The van der Waals surface area contributed by atoms with Crippen LogP contribution in [0.3, 0.4) is 0 Å². The van der Waals surface area contributed by atoms with Gasteiger partial charge in [0.15, 0.2) is 0 Å². The van der Waals surface area contributed by atoms with Gasteiger partial charge in [0.2, 0.25) is 27.8 Å². The number of hydrogen-bond donors (Lipinski definition) is 2. The third-order valence-electron chi connectivity index (χ3n) is 5.26. The SMILES string of the molecule is O=C(CCC(=O)N1CCN(S(=O)(=O)c2ccc(F)cc2)CC1)Nc1nc2ccccc2[nH]1. The molecule has 0 atom stereocenters. The Kier molecular flexibility index (Phi) is 6.19. The molecule has 2 amide bonds. The summed E-state index contributed by atoms with van der Waals surface area (Å²) in [6, 6.07) is 12.0. The summed E-state index contributed by atoms with van der Waals surface area (Å²) in [6.07, 6.45) is 0.000739. The second-order valence-electron chi connectivity index (χ2n) is 7.39. The number of imidazole rings is 1. The number of carbonyl (C=O) groups is 2. The van der Waals surface area contributed by atoms with E-state index >= 15 is 0 Å². The van der Waals surface area contributed by atoms with Gasteiger partial charge in [-0.15, -0.1) is 0 Å². The zero-order valence-corrected chi connectivity index (χ0v) is 17.9. The van der Waals surface area contributed by atoms with Gasteiger partial charge < -0.3 is 9.88 Å². The number of rotatable bonds is 6. The Bertz CT molecular complexity index is 1200. The van der Waals surface area contributed by atoms with Crippen LogP contribution >= 0.6 is 0 Å². The summed E-state index contributed by atoms with van der Waals surface area (Å²) in [5.74, 6) is -0.745. The van der Waals surface area contributed by atoms with Gasteiger partial charge in [-0.1, -0.05) is 12.1 Å². The van der Waals surface area contributed by atoms with Gasteiger partial charge in [-0.3, -0.25) is 14.9 Å². The lowest BCUT2D eigenvalue weighted by Crippen LogP contribution is -2.50. The van der Waals surface area contributed by atoms with Crippen LogP contribution in [0.2, 0.25) is 0 Å². The van der Waals surface area contributed by atoms with Gasteiger partial charge >= 0.3 is 0 Å². The number of nitrogens with zero attached hydrogens (tertiary/aromatic N) is 3. The number of amides is 2. The highest BCUT2D eigenvalue weighted by atomic mass is 32.2. The van der Waals surface area contributed by atoms with Crippen LogP contribution in [-0.2, 0) is 19.6 Å². The summed E-state index contributed by atoms with van der Waals surface area (Å²) in [5, 5.41) is 2.65. The van der Waals surface area contributed by atoms with Gasteiger partial charge in [-0.25, -0.2) is 17.8 Å². The number of aromatic amines is 1. The first-order chi connectivity index (χ1) is 15.3. The fraction of sp³-hybridized carbons (Fsp3) is 0.286. The first kappa shape index (κ1) is 21.9. The lowest BCUT2D eigenvalue weighted by Gasteiger charge is -2.34. The van der Waals surface area contributed by atoms with Crippen molar-refractivity contribution >= 4 is 38.8 Å². The number of nitrogens with one attached hydrogen (secondary N) is 2. The van der Waals surface area contributed by atoms with Gasteiger partial charge in [0.05, 0.1) is 15.9 Å². The molecule has 4 rings (SSSR count). The molecule has 0 spiro atoms. The van der Waals surface area contributed by atoms with E-state index in [2.05, 4.69) is 15.3 Å². The number of hydrogen-bond acceptors (Lipinski definition) is 5. The van der Waals surface area contributed by atoms with Crippen LogP contribution in [0.15, 0.2) is 53.4 Å². The smallest absolute Gasteiger partial charge is 0.243 e. The molecule has 0 unspecified atom stereocenters. The van der Waals surface area contributed by atoms with Gasteiger partial charge in [-0.2, -0.15) is 4.31 Å². The Hall–Kier alpha value is -3.31. The number of H-pyrrole nitrogens is 1. The normalized spacial score (nSPS) is 15.1. The van der Waals surface area contributed by atoms with Gasteiger partial charge in [0.1, 0.15) is 5.82 Å². The van der Waals surface area contributed by atoms with E-state index < -0.39 is 15.8 Å². The van der Waals surface area contributed by atoms with E-state index in [4.69, 9.17) is 0 Å². The van der Waals surface area contributed by atoms with Crippen LogP contribution in [0, 0.1) is 5.82 Å². The van der Waals surface area contributed by atoms with Crippen molar-refractivity contribution in [3.8, 4) is 0 Å². The highest BCUT2D eigenvalue weighted by Crippen LogP contribution is 2.19. The third-order valence-corrected chi connectivity index (χ3v) is 7.17. The molecule has 11 heteroatoms. The molecule has 1 aliphatic heterocycles. The standard InChI is InChI=1S/C21H22FN5O4S/c22-15-5-7-16(8-6-15)32(30,31)27-13-11-26(12-14-27)20(29)10-9-19(28)25-21-23-17-3-1-2-4-18(17)24-21/h1-8H,9-14H2,(H2,23,24,25,28). The van der Waals surface area contributed by atoms with Crippen LogP contribution in [0.4, 0.5) is 10.3 Å². The quantitative estimate of drug-likeness (QED) is 0.585. The molecule has 1 saturated heterocycles. The molecule has 2 heterocycles. The molecular weight excluding hydrogens is 437 g/mol. The molecule has 3 aromatic rings. The molecule has 9 nitrogen and oxygen atoms in total. The topological polar surface area (TPSA) is 115 Å². The number of halogens is 1. The first-order valence-electron chi connectivity index (χ1n) is 10.1. The zero-order valence-electron chi connectivity index (χ0n) is 17.1. The van der Waals surface area contributed by atoms with E-state index in [1.54, 1.807) is 4.90 Å². The first-order valence-corrected chi connectivity index (χ1v) is 11.5. The largest absolute Gasteiger partial charge is 0.340 e. The number of aromatic nitrogens is 2. The van der Waals surface area contributed by atoms with Crippen molar-refractivity contribution in [2.75, 3.05) is 31.5 Å². The average molecular weight is 460 g/mol. The Labute approximate surface area is 184 Å². The summed E-state index contributed by atoms with van der Waals surface area (Å²) in [5.41, 5.74) is 1.53. The lowest BCUT2D eigenvalue weighted by molar-refractivity contribution is -0.133. The summed E-state index contributed by atoms with van der Waals surface area (Å²) < 4.78 is 39.7. The van der Waals surface area contributed by atoms with Crippen molar-refractivity contribution in [3.63, 3.8) is 0 Å². The van der Waals surface area contributed by atoms with Crippen molar-refractivity contribution in [1.82, 2.24) is 19.2 Å². The number of fused-ring (bicyclic) bond motifs is 1. The van der Waals surface area contributed by atoms with E-state index in [-0.39, 0.29) is 55.7 Å². The molecule has 0 saturated carbocycles. The Balaban J connectivity index is 1.26. The minimum Gasteiger partial charge on any atom is -0.340 e. The minimum absolute atomic E-state index is 0.00995. The maximum absolute atomic E-state index is 13.1. The molecule has 0 bridgehead atoms. The second-order valence-corrected chi connectivity index (χ2v) is 9.33. The maximum atomic E-state index is 13.1. The average Bonchev–Trinajstić information content (AvgIpc) is 3.20. The molecule has 1 aromatic heterocycles. The molecule has 32 heavy (non-hydrogen) atoms. The fourth-order valence-electron chi connectivity index (χ4n) is 3.52. The van der Waals surface area contributed by atoms with Crippen LogP contribution in [0.1, 0.15) is 12.8 Å². The fourth-order valence-corrected chi connectivity index (χ4v) is 4.94. The zero-order chi connectivity index (χ0) is 22.7. The molecule has 1 aliphatic rings. The number of carbonyl (C=O) groups excluding carboxylic acids is 2. The van der Waals surface area contributed by atoms with E-state index in [0.717, 1.165) is 23.2 Å². The Morgan fingerprint density at radius 3 is 2.38 bits per heavy atom. The number of piperazine rings is 1.